The van der Waals surface area contributed by atoms with Crippen LogP contribution >= 0.6 is 11.3 Å². The maximum atomic E-state index is 12.1. The van der Waals surface area contributed by atoms with Gasteiger partial charge in [-0.3, -0.25) is 25.2 Å². The Labute approximate surface area is 132 Å². The van der Waals surface area contributed by atoms with Gasteiger partial charge >= 0.3 is 5.97 Å². The first kappa shape index (κ1) is 16.5. The lowest BCUT2D eigenvalue weighted by atomic mass is 9.88. The summed E-state index contributed by atoms with van der Waals surface area (Å²) in [6.07, 6.45) is 3.25. The van der Waals surface area contributed by atoms with Crippen molar-refractivity contribution in [1.82, 2.24) is 10.9 Å². The van der Waals surface area contributed by atoms with Crippen molar-refractivity contribution in [3.63, 3.8) is 0 Å². The lowest BCUT2D eigenvalue weighted by Gasteiger charge is -2.18. The second kappa shape index (κ2) is 7.40. The van der Waals surface area contributed by atoms with Crippen LogP contribution in [0.25, 0.3) is 0 Å². The van der Waals surface area contributed by atoms with E-state index in [9.17, 15) is 14.4 Å². The van der Waals surface area contributed by atoms with Gasteiger partial charge in [0.25, 0.3) is 5.91 Å². The molecule has 1 atom stereocenters. The lowest BCUT2D eigenvalue weighted by molar-refractivity contribution is -0.137. The van der Waals surface area contributed by atoms with Gasteiger partial charge in [-0.05, 0) is 37.2 Å². The first-order valence-electron chi connectivity index (χ1n) is 7.37. The number of hydrogen-bond donors (Lipinski definition) is 3. The molecule has 0 saturated carbocycles. The summed E-state index contributed by atoms with van der Waals surface area (Å²) in [4.78, 5) is 35.3. The van der Waals surface area contributed by atoms with Crippen molar-refractivity contribution < 1.29 is 19.5 Å². The van der Waals surface area contributed by atoms with Crippen LogP contribution in [0.1, 0.15) is 53.4 Å². The first-order chi connectivity index (χ1) is 10.5. The normalized spacial score (nSPS) is 16.7. The van der Waals surface area contributed by atoms with Gasteiger partial charge in [-0.15, -0.1) is 11.3 Å². The highest BCUT2D eigenvalue weighted by Crippen LogP contribution is 2.32. The summed E-state index contributed by atoms with van der Waals surface area (Å²) in [6, 6.07) is 0. The zero-order valence-electron chi connectivity index (χ0n) is 12.5. The van der Waals surface area contributed by atoms with Crippen molar-refractivity contribution in [2.24, 2.45) is 5.92 Å². The predicted octanol–water partition coefficient (Wildman–Crippen LogP) is 1.89. The number of carbonyl (C=O) groups excluding carboxylic acids is 2. The third-order valence-electron chi connectivity index (χ3n) is 3.76. The van der Waals surface area contributed by atoms with Crippen molar-refractivity contribution in [3.05, 3.63) is 21.4 Å². The van der Waals surface area contributed by atoms with Gasteiger partial charge in [0.1, 0.15) is 0 Å². The van der Waals surface area contributed by atoms with Crippen LogP contribution < -0.4 is 10.9 Å². The van der Waals surface area contributed by atoms with Crippen LogP contribution in [0.5, 0.6) is 0 Å². The number of carboxylic acids is 1. The summed E-state index contributed by atoms with van der Waals surface area (Å²) < 4.78 is 0. The molecule has 0 aromatic carbocycles. The fourth-order valence-corrected chi connectivity index (χ4v) is 3.77. The molecule has 3 N–H and O–H groups in total. The summed E-state index contributed by atoms with van der Waals surface area (Å²) in [7, 11) is 0. The number of aliphatic carboxylic acids is 1. The predicted molar refractivity (Wildman–Crippen MR) is 82.6 cm³/mol. The maximum Gasteiger partial charge on any atom is 0.303 e. The molecule has 0 spiro atoms. The standard InChI is InChI=1S/C15H20N2O4S/c1-9-5-6-10-11(8-22-12(10)7-9)15(21)17-16-13(18)3-2-4-14(19)20/h8-9H,2-7H2,1H3,(H,16,18)(H,17,21)(H,19,20)/t9-/m1/s1. The molecule has 22 heavy (non-hydrogen) atoms. The van der Waals surface area contributed by atoms with Crippen LogP contribution in [-0.2, 0) is 22.4 Å². The lowest BCUT2D eigenvalue weighted by Crippen LogP contribution is -2.41. The van der Waals surface area contributed by atoms with Crippen molar-refractivity contribution in [2.75, 3.05) is 0 Å². The minimum Gasteiger partial charge on any atom is -0.481 e. The number of rotatable bonds is 5. The number of amides is 2. The Hall–Kier alpha value is -1.89. The summed E-state index contributed by atoms with van der Waals surface area (Å²) in [5.41, 5.74) is 6.47. The Morgan fingerprint density at radius 2 is 2.09 bits per heavy atom. The first-order valence-corrected chi connectivity index (χ1v) is 8.25. The van der Waals surface area contributed by atoms with Crippen molar-refractivity contribution in [3.8, 4) is 0 Å². The number of nitrogens with one attached hydrogen (secondary N) is 2. The van der Waals surface area contributed by atoms with Crippen LogP contribution in [0.4, 0.5) is 0 Å². The van der Waals surface area contributed by atoms with Crippen molar-refractivity contribution in [2.45, 2.75) is 45.4 Å². The Morgan fingerprint density at radius 3 is 2.82 bits per heavy atom. The second-order valence-electron chi connectivity index (χ2n) is 5.65. The van der Waals surface area contributed by atoms with Crippen LogP contribution in [0, 0.1) is 5.92 Å². The van der Waals surface area contributed by atoms with Gasteiger partial charge in [-0.25, -0.2) is 0 Å². The zero-order chi connectivity index (χ0) is 16.1. The number of hydrazine groups is 1. The summed E-state index contributed by atoms with van der Waals surface area (Å²) in [5.74, 6) is -0.974. The van der Waals surface area contributed by atoms with Gasteiger partial charge < -0.3 is 5.11 Å². The molecule has 7 heteroatoms. The van der Waals surface area contributed by atoms with E-state index >= 15 is 0 Å². The minimum absolute atomic E-state index is 0.0579. The molecule has 1 aliphatic rings. The molecule has 0 unspecified atom stereocenters. The van der Waals surface area contributed by atoms with Gasteiger partial charge in [0.05, 0.1) is 5.56 Å². The van der Waals surface area contributed by atoms with Crippen LogP contribution in [-0.4, -0.2) is 22.9 Å². The molecule has 2 amide bonds. The third kappa shape index (κ3) is 4.30. The average molecular weight is 324 g/mol. The van der Waals surface area contributed by atoms with Gasteiger partial charge in [-0.2, -0.15) is 0 Å². The van der Waals surface area contributed by atoms with E-state index < -0.39 is 5.97 Å². The van der Waals surface area contributed by atoms with E-state index in [-0.39, 0.29) is 31.1 Å². The number of carboxylic acid groups (broad SMARTS) is 1. The molecule has 1 aliphatic carbocycles. The molecule has 1 aromatic heterocycles. The molecule has 0 bridgehead atoms. The third-order valence-corrected chi connectivity index (χ3v) is 4.81. The minimum atomic E-state index is -0.934. The van der Waals surface area contributed by atoms with E-state index in [0.29, 0.717) is 11.5 Å². The largest absolute Gasteiger partial charge is 0.481 e. The van der Waals surface area contributed by atoms with E-state index in [0.717, 1.165) is 24.8 Å². The van der Waals surface area contributed by atoms with E-state index in [1.165, 1.54) is 4.88 Å². The number of carbonyl (C=O) groups is 3. The maximum absolute atomic E-state index is 12.1. The Bertz CT molecular complexity index is 582. The molecule has 1 aromatic rings. The molecular formula is C15H20N2O4S. The zero-order valence-corrected chi connectivity index (χ0v) is 13.3. The highest BCUT2D eigenvalue weighted by molar-refractivity contribution is 7.10. The topological polar surface area (TPSA) is 95.5 Å². The monoisotopic (exact) mass is 324 g/mol. The average Bonchev–Trinajstić information content (AvgIpc) is 2.87. The fourth-order valence-electron chi connectivity index (χ4n) is 2.52. The molecule has 0 saturated heterocycles. The van der Waals surface area contributed by atoms with E-state index in [1.54, 1.807) is 11.3 Å². The van der Waals surface area contributed by atoms with E-state index in [1.807, 2.05) is 5.38 Å². The number of thiophene rings is 1. The van der Waals surface area contributed by atoms with Crippen LogP contribution in [0.3, 0.4) is 0 Å². The van der Waals surface area contributed by atoms with E-state index in [2.05, 4.69) is 17.8 Å². The second-order valence-corrected chi connectivity index (χ2v) is 6.61. The molecule has 0 aliphatic heterocycles. The highest BCUT2D eigenvalue weighted by atomic mass is 32.1. The van der Waals surface area contributed by atoms with Gasteiger partial charge in [0.15, 0.2) is 0 Å². The van der Waals surface area contributed by atoms with Gasteiger partial charge in [0, 0.05) is 23.1 Å². The summed E-state index contributed by atoms with van der Waals surface area (Å²) in [6.45, 7) is 2.21. The molecule has 0 fully saturated rings. The van der Waals surface area contributed by atoms with Crippen LogP contribution in [0.2, 0.25) is 0 Å². The van der Waals surface area contributed by atoms with Crippen molar-refractivity contribution >= 4 is 29.1 Å². The quantitative estimate of drug-likeness (QED) is 0.721. The molecule has 120 valence electrons. The summed E-state index contributed by atoms with van der Waals surface area (Å²) >= 11 is 1.60. The molecule has 2 rings (SSSR count). The highest BCUT2D eigenvalue weighted by Gasteiger charge is 2.23. The fraction of sp³-hybridized carbons (Fsp3) is 0.533. The Morgan fingerprint density at radius 1 is 1.32 bits per heavy atom. The smallest absolute Gasteiger partial charge is 0.303 e. The van der Waals surface area contributed by atoms with E-state index in [4.69, 9.17) is 5.11 Å². The van der Waals surface area contributed by atoms with Gasteiger partial charge in [-0.1, -0.05) is 6.92 Å². The van der Waals surface area contributed by atoms with Crippen LogP contribution in [0.15, 0.2) is 5.38 Å². The number of hydrogen-bond acceptors (Lipinski definition) is 4. The molecular weight excluding hydrogens is 304 g/mol. The molecule has 6 nitrogen and oxygen atoms in total. The van der Waals surface area contributed by atoms with Gasteiger partial charge in [0.2, 0.25) is 5.91 Å². The molecule has 0 radical (unpaired) electrons. The molecule has 1 heterocycles. The number of fused-ring (bicyclic) bond motifs is 1. The van der Waals surface area contributed by atoms with Crippen molar-refractivity contribution in [1.29, 1.82) is 0 Å². The Balaban J connectivity index is 1.83. The SMILES string of the molecule is C[C@@H]1CCc2c(C(=O)NNC(=O)CCCC(=O)O)csc2C1. The Kier molecular flexibility index (Phi) is 5.54. The summed E-state index contributed by atoms with van der Waals surface area (Å²) in [5, 5.41) is 10.3.